The van der Waals surface area contributed by atoms with Gasteiger partial charge >= 0.3 is 0 Å². The molecule has 0 spiro atoms. The minimum Gasteiger partial charge on any atom is -0.368 e. The van der Waals surface area contributed by atoms with Crippen molar-refractivity contribution in [3.63, 3.8) is 0 Å². The monoisotopic (exact) mass is 330 g/mol. The maximum Gasteiger partial charge on any atom is 0.251 e. The zero-order chi connectivity index (χ0) is 16.9. The van der Waals surface area contributed by atoms with Gasteiger partial charge in [-0.05, 0) is 24.3 Å². The predicted molar refractivity (Wildman–Crippen MR) is 91.6 cm³/mol. The third-order valence-electron chi connectivity index (χ3n) is 5.00. The largest absolute Gasteiger partial charge is 0.368 e. The molecule has 0 bridgehead atoms. The summed E-state index contributed by atoms with van der Waals surface area (Å²) in [7, 11) is 0. The van der Waals surface area contributed by atoms with E-state index in [2.05, 4.69) is 19.1 Å². The van der Waals surface area contributed by atoms with E-state index in [0.29, 0.717) is 39.2 Å². The van der Waals surface area contributed by atoms with Crippen molar-refractivity contribution in [3.8, 4) is 0 Å². The van der Waals surface area contributed by atoms with E-state index in [1.807, 2.05) is 28.0 Å². The number of benzene rings is 1. The SMILES string of the molecule is CC(CC(=O)N1CCN(C(=O)C2CCCO2)CC1)c1ccccc1. The number of amides is 2. The molecule has 5 nitrogen and oxygen atoms in total. The first-order valence-electron chi connectivity index (χ1n) is 8.88. The molecular weight excluding hydrogens is 304 g/mol. The lowest BCUT2D eigenvalue weighted by atomic mass is 9.97. The molecule has 5 heteroatoms. The summed E-state index contributed by atoms with van der Waals surface area (Å²) in [5, 5.41) is 0. The Hall–Kier alpha value is -1.88. The summed E-state index contributed by atoms with van der Waals surface area (Å²) in [6.07, 6.45) is 2.05. The van der Waals surface area contributed by atoms with Gasteiger partial charge in [-0.15, -0.1) is 0 Å². The number of hydrogen-bond acceptors (Lipinski definition) is 3. The third kappa shape index (κ3) is 3.96. The van der Waals surface area contributed by atoms with Crippen LogP contribution in [0.2, 0.25) is 0 Å². The standard InChI is InChI=1S/C19H26N2O3/c1-15(16-6-3-2-4-7-16)14-18(22)20-9-11-21(12-10-20)19(23)17-8-5-13-24-17/h2-4,6-7,15,17H,5,8-14H2,1H3. The Balaban J connectivity index is 1.47. The Morgan fingerprint density at radius 1 is 1.12 bits per heavy atom. The van der Waals surface area contributed by atoms with Crippen LogP contribution in [0.15, 0.2) is 30.3 Å². The molecule has 2 aliphatic heterocycles. The molecule has 3 rings (SSSR count). The number of rotatable bonds is 4. The third-order valence-corrected chi connectivity index (χ3v) is 5.00. The molecule has 0 aliphatic carbocycles. The van der Waals surface area contributed by atoms with Crippen LogP contribution in [-0.2, 0) is 14.3 Å². The molecule has 24 heavy (non-hydrogen) atoms. The molecule has 2 aliphatic rings. The van der Waals surface area contributed by atoms with Gasteiger partial charge < -0.3 is 14.5 Å². The second kappa shape index (κ2) is 7.79. The van der Waals surface area contributed by atoms with Crippen LogP contribution in [0.3, 0.4) is 0 Å². The number of hydrogen-bond donors (Lipinski definition) is 0. The van der Waals surface area contributed by atoms with Gasteiger partial charge in [-0.25, -0.2) is 0 Å². The lowest BCUT2D eigenvalue weighted by Crippen LogP contribution is -2.52. The molecule has 0 radical (unpaired) electrons. The molecular formula is C19H26N2O3. The minimum absolute atomic E-state index is 0.0947. The molecule has 2 unspecified atom stereocenters. The molecule has 0 aromatic heterocycles. The fourth-order valence-corrected chi connectivity index (χ4v) is 3.44. The number of carbonyl (C=O) groups excluding carboxylic acids is 2. The first-order chi connectivity index (χ1) is 11.6. The number of ether oxygens (including phenoxy) is 1. The number of nitrogens with zero attached hydrogens (tertiary/aromatic N) is 2. The van der Waals surface area contributed by atoms with E-state index in [1.165, 1.54) is 5.56 Å². The van der Waals surface area contributed by atoms with Crippen LogP contribution in [0.1, 0.15) is 37.7 Å². The van der Waals surface area contributed by atoms with Crippen LogP contribution in [-0.4, -0.2) is 60.5 Å². The second-order valence-electron chi connectivity index (χ2n) is 6.72. The molecule has 2 amide bonds. The summed E-state index contributed by atoms with van der Waals surface area (Å²) < 4.78 is 5.47. The molecule has 1 aromatic carbocycles. The summed E-state index contributed by atoms with van der Waals surface area (Å²) in [6.45, 7) is 5.25. The maximum absolute atomic E-state index is 12.5. The summed E-state index contributed by atoms with van der Waals surface area (Å²) in [5.41, 5.74) is 1.19. The van der Waals surface area contributed by atoms with Crippen molar-refractivity contribution in [2.24, 2.45) is 0 Å². The molecule has 0 N–H and O–H groups in total. The fraction of sp³-hybridized carbons (Fsp3) is 0.579. The van der Waals surface area contributed by atoms with Crippen LogP contribution in [0.5, 0.6) is 0 Å². The van der Waals surface area contributed by atoms with Crippen molar-refractivity contribution in [3.05, 3.63) is 35.9 Å². The predicted octanol–water partition coefficient (Wildman–Crippen LogP) is 2.03. The summed E-state index contributed by atoms with van der Waals surface area (Å²) in [6, 6.07) is 10.1. The Bertz CT molecular complexity index is 561. The molecule has 2 atom stereocenters. The van der Waals surface area contributed by atoms with Crippen molar-refractivity contribution in [2.45, 2.75) is 38.2 Å². The van der Waals surface area contributed by atoms with E-state index < -0.39 is 0 Å². The van der Waals surface area contributed by atoms with E-state index >= 15 is 0 Å². The van der Waals surface area contributed by atoms with Crippen molar-refractivity contribution < 1.29 is 14.3 Å². The lowest BCUT2D eigenvalue weighted by Gasteiger charge is -2.36. The van der Waals surface area contributed by atoms with Crippen molar-refractivity contribution >= 4 is 11.8 Å². The van der Waals surface area contributed by atoms with Gasteiger partial charge in [0, 0.05) is 39.2 Å². The van der Waals surface area contributed by atoms with Gasteiger partial charge in [-0.2, -0.15) is 0 Å². The topological polar surface area (TPSA) is 49.9 Å². The van der Waals surface area contributed by atoms with Crippen molar-refractivity contribution in [1.29, 1.82) is 0 Å². The molecule has 2 saturated heterocycles. The van der Waals surface area contributed by atoms with Gasteiger partial charge in [-0.1, -0.05) is 37.3 Å². The van der Waals surface area contributed by atoms with Crippen LogP contribution < -0.4 is 0 Å². The van der Waals surface area contributed by atoms with Gasteiger partial charge in [-0.3, -0.25) is 9.59 Å². The number of piperazine rings is 1. The van der Waals surface area contributed by atoms with E-state index in [4.69, 9.17) is 4.74 Å². The van der Waals surface area contributed by atoms with Crippen LogP contribution >= 0.6 is 0 Å². The van der Waals surface area contributed by atoms with Crippen molar-refractivity contribution in [2.75, 3.05) is 32.8 Å². The molecule has 130 valence electrons. The van der Waals surface area contributed by atoms with Gasteiger partial charge in [0.2, 0.25) is 5.91 Å². The quantitative estimate of drug-likeness (QED) is 0.849. The Morgan fingerprint density at radius 2 is 1.79 bits per heavy atom. The Labute approximate surface area is 143 Å². The highest BCUT2D eigenvalue weighted by atomic mass is 16.5. The summed E-state index contributed by atoms with van der Waals surface area (Å²) >= 11 is 0. The zero-order valence-corrected chi connectivity index (χ0v) is 14.3. The maximum atomic E-state index is 12.5. The smallest absolute Gasteiger partial charge is 0.251 e. The highest BCUT2D eigenvalue weighted by Crippen LogP contribution is 2.21. The molecule has 2 fully saturated rings. The first kappa shape index (κ1) is 17.0. The average molecular weight is 330 g/mol. The van der Waals surface area contributed by atoms with Gasteiger partial charge in [0.15, 0.2) is 0 Å². The first-order valence-corrected chi connectivity index (χ1v) is 8.88. The van der Waals surface area contributed by atoms with E-state index in [9.17, 15) is 9.59 Å². The van der Waals surface area contributed by atoms with Crippen LogP contribution in [0.25, 0.3) is 0 Å². The molecule has 2 heterocycles. The Kier molecular flexibility index (Phi) is 5.51. The summed E-state index contributed by atoms with van der Waals surface area (Å²) in [4.78, 5) is 28.6. The summed E-state index contributed by atoms with van der Waals surface area (Å²) in [5.74, 6) is 0.484. The van der Waals surface area contributed by atoms with E-state index in [1.54, 1.807) is 0 Å². The molecule has 0 saturated carbocycles. The van der Waals surface area contributed by atoms with E-state index in [-0.39, 0.29) is 23.8 Å². The van der Waals surface area contributed by atoms with Gasteiger partial charge in [0.05, 0.1) is 0 Å². The highest BCUT2D eigenvalue weighted by Gasteiger charge is 2.31. The van der Waals surface area contributed by atoms with E-state index in [0.717, 1.165) is 12.8 Å². The van der Waals surface area contributed by atoms with Crippen LogP contribution in [0.4, 0.5) is 0 Å². The van der Waals surface area contributed by atoms with Crippen LogP contribution in [0, 0.1) is 0 Å². The fourth-order valence-electron chi connectivity index (χ4n) is 3.44. The van der Waals surface area contributed by atoms with Gasteiger partial charge in [0.25, 0.3) is 5.91 Å². The molecule has 1 aromatic rings. The average Bonchev–Trinajstić information content (AvgIpc) is 3.16. The lowest BCUT2D eigenvalue weighted by molar-refractivity contribution is -0.146. The second-order valence-corrected chi connectivity index (χ2v) is 6.72. The number of carbonyl (C=O) groups is 2. The zero-order valence-electron chi connectivity index (χ0n) is 14.3. The van der Waals surface area contributed by atoms with Crippen molar-refractivity contribution in [1.82, 2.24) is 9.80 Å². The minimum atomic E-state index is -0.259. The Morgan fingerprint density at radius 3 is 2.42 bits per heavy atom. The highest BCUT2D eigenvalue weighted by molar-refractivity contribution is 5.82. The van der Waals surface area contributed by atoms with Gasteiger partial charge in [0.1, 0.15) is 6.10 Å². The normalized spacial score (nSPS) is 22.5.